The third-order valence-electron chi connectivity index (χ3n) is 2.37. The number of hydrogen-bond donors (Lipinski definition) is 1. The van der Waals surface area contributed by atoms with Crippen molar-refractivity contribution in [3.63, 3.8) is 0 Å². The number of carbonyl (C=O) groups is 1. The molecule has 0 heterocycles. The van der Waals surface area contributed by atoms with Crippen LogP contribution in [-0.2, 0) is 16.1 Å². The van der Waals surface area contributed by atoms with Crippen molar-refractivity contribution < 1.29 is 19.0 Å². The number of esters is 1. The normalized spacial score (nSPS) is 10.0. The lowest BCUT2D eigenvalue weighted by Crippen LogP contribution is -2.23. The Morgan fingerprint density at radius 1 is 1.22 bits per heavy atom. The molecule has 18 heavy (non-hydrogen) atoms. The molecule has 0 saturated heterocycles. The average molecular weight is 318 g/mol. The van der Waals surface area contributed by atoms with Crippen molar-refractivity contribution in [3.05, 3.63) is 22.2 Å². The van der Waals surface area contributed by atoms with Gasteiger partial charge in [0.1, 0.15) is 0 Å². The van der Waals surface area contributed by atoms with E-state index in [-0.39, 0.29) is 12.5 Å². The van der Waals surface area contributed by atoms with Crippen molar-refractivity contribution in [3.8, 4) is 11.5 Å². The summed E-state index contributed by atoms with van der Waals surface area (Å²) in [5, 5.41) is 2.98. The van der Waals surface area contributed by atoms with Gasteiger partial charge in [0.05, 0.1) is 27.9 Å². The Morgan fingerprint density at radius 2 is 1.83 bits per heavy atom. The molecule has 1 aromatic rings. The van der Waals surface area contributed by atoms with E-state index in [9.17, 15) is 4.79 Å². The van der Waals surface area contributed by atoms with Crippen LogP contribution in [-0.4, -0.2) is 33.8 Å². The van der Waals surface area contributed by atoms with Gasteiger partial charge in [-0.1, -0.05) is 15.9 Å². The van der Waals surface area contributed by atoms with Crippen LogP contribution >= 0.6 is 15.9 Å². The molecule has 0 aliphatic heterocycles. The molecule has 0 aliphatic carbocycles. The third-order valence-corrected chi connectivity index (χ3v) is 3.10. The van der Waals surface area contributed by atoms with E-state index in [4.69, 9.17) is 9.47 Å². The largest absolute Gasteiger partial charge is 0.493 e. The van der Waals surface area contributed by atoms with Crippen LogP contribution in [0.5, 0.6) is 11.5 Å². The zero-order chi connectivity index (χ0) is 13.5. The van der Waals surface area contributed by atoms with Gasteiger partial charge in [0.2, 0.25) is 0 Å². The molecule has 1 aromatic carbocycles. The van der Waals surface area contributed by atoms with Crippen LogP contribution in [0.15, 0.2) is 16.6 Å². The van der Waals surface area contributed by atoms with Gasteiger partial charge in [0.15, 0.2) is 11.5 Å². The summed E-state index contributed by atoms with van der Waals surface area (Å²) in [6.07, 6.45) is 0. The van der Waals surface area contributed by atoms with Crippen molar-refractivity contribution in [2.45, 2.75) is 6.54 Å². The van der Waals surface area contributed by atoms with Crippen LogP contribution in [0.4, 0.5) is 0 Å². The number of halogens is 1. The maximum atomic E-state index is 11.0. The molecule has 1 N–H and O–H groups in total. The van der Waals surface area contributed by atoms with E-state index in [1.807, 2.05) is 12.1 Å². The first-order valence-corrected chi connectivity index (χ1v) is 6.09. The van der Waals surface area contributed by atoms with E-state index in [0.717, 1.165) is 10.0 Å². The van der Waals surface area contributed by atoms with Gasteiger partial charge >= 0.3 is 5.97 Å². The van der Waals surface area contributed by atoms with Gasteiger partial charge in [-0.25, -0.2) is 0 Å². The fourth-order valence-electron chi connectivity index (χ4n) is 1.40. The Kier molecular flexibility index (Phi) is 5.94. The zero-order valence-electron chi connectivity index (χ0n) is 10.6. The Bertz CT molecular complexity index is 423. The van der Waals surface area contributed by atoms with Crippen molar-refractivity contribution in [2.24, 2.45) is 0 Å². The number of nitrogens with one attached hydrogen (secondary N) is 1. The third kappa shape index (κ3) is 3.89. The highest BCUT2D eigenvalue weighted by Crippen LogP contribution is 2.33. The maximum Gasteiger partial charge on any atom is 0.319 e. The molecule has 1 rings (SSSR count). The summed E-state index contributed by atoms with van der Waals surface area (Å²) in [4.78, 5) is 11.0. The molecule has 0 amide bonds. The van der Waals surface area contributed by atoms with Gasteiger partial charge in [-0.2, -0.15) is 0 Å². The van der Waals surface area contributed by atoms with E-state index >= 15 is 0 Å². The fraction of sp³-hybridized carbons (Fsp3) is 0.417. The zero-order valence-corrected chi connectivity index (χ0v) is 12.2. The minimum absolute atomic E-state index is 0.164. The van der Waals surface area contributed by atoms with E-state index in [0.29, 0.717) is 18.0 Å². The first kappa shape index (κ1) is 14.8. The Balaban J connectivity index is 2.73. The molecular formula is C12H16BrNO4. The summed E-state index contributed by atoms with van der Waals surface area (Å²) >= 11 is 3.44. The second-order valence-electron chi connectivity index (χ2n) is 3.48. The number of methoxy groups -OCH3 is 3. The second kappa shape index (κ2) is 7.23. The minimum Gasteiger partial charge on any atom is -0.493 e. The molecule has 100 valence electrons. The van der Waals surface area contributed by atoms with E-state index < -0.39 is 0 Å². The molecule has 6 heteroatoms. The number of rotatable bonds is 6. The van der Waals surface area contributed by atoms with Crippen LogP contribution in [0.2, 0.25) is 0 Å². The number of benzene rings is 1. The fourth-order valence-corrected chi connectivity index (χ4v) is 1.87. The lowest BCUT2D eigenvalue weighted by atomic mass is 10.2. The first-order chi connectivity index (χ1) is 8.62. The van der Waals surface area contributed by atoms with Crippen LogP contribution in [0, 0.1) is 0 Å². The number of hydrogen-bond acceptors (Lipinski definition) is 5. The molecular weight excluding hydrogens is 302 g/mol. The van der Waals surface area contributed by atoms with Gasteiger partial charge in [-0.05, 0) is 17.7 Å². The molecule has 0 spiro atoms. The minimum atomic E-state index is -0.299. The summed E-state index contributed by atoms with van der Waals surface area (Å²) < 4.78 is 15.8. The van der Waals surface area contributed by atoms with Crippen LogP contribution in [0.3, 0.4) is 0 Å². The molecule has 0 bridgehead atoms. The second-order valence-corrected chi connectivity index (χ2v) is 4.33. The van der Waals surface area contributed by atoms with Crippen molar-refractivity contribution in [1.82, 2.24) is 5.32 Å². The van der Waals surface area contributed by atoms with Crippen LogP contribution in [0.25, 0.3) is 0 Å². The molecule has 0 radical (unpaired) electrons. The molecule has 0 unspecified atom stereocenters. The summed E-state index contributed by atoms with van der Waals surface area (Å²) in [6, 6.07) is 3.68. The lowest BCUT2D eigenvalue weighted by Gasteiger charge is -2.12. The first-order valence-electron chi connectivity index (χ1n) is 5.30. The van der Waals surface area contributed by atoms with Crippen LogP contribution < -0.4 is 14.8 Å². The van der Waals surface area contributed by atoms with Crippen molar-refractivity contribution in [1.29, 1.82) is 0 Å². The monoisotopic (exact) mass is 317 g/mol. The average Bonchev–Trinajstić information content (AvgIpc) is 2.39. The van der Waals surface area contributed by atoms with Crippen molar-refractivity contribution in [2.75, 3.05) is 27.9 Å². The van der Waals surface area contributed by atoms with E-state index in [1.54, 1.807) is 14.2 Å². The van der Waals surface area contributed by atoms with Gasteiger partial charge < -0.3 is 19.5 Å². The summed E-state index contributed by atoms with van der Waals surface area (Å²) in [5.41, 5.74) is 0.969. The molecule has 0 aromatic heterocycles. The highest BCUT2D eigenvalue weighted by Gasteiger charge is 2.09. The number of ether oxygens (including phenoxy) is 3. The van der Waals surface area contributed by atoms with Crippen molar-refractivity contribution >= 4 is 21.9 Å². The predicted octanol–water partition coefficient (Wildman–Crippen LogP) is 1.73. The van der Waals surface area contributed by atoms with E-state index in [2.05, 4.69) is 26.0 Å². The summed E-state index contributed by atoms with van der Waals surface area (Å²) in [5.74, 6) is 1.00. The smallest absolute Gasteiger partial charge is 0.319 e. The predicted molar refractivity (Wildman–Crippen MR) is 71.0 cm³/mol. The Morgan fingerprint density at radius 3 is 2.39 bits per heavy atom. The Labute approximate surface area is 115 Å². The highest BCUT2D eigenvalue weighted by molar-refractivity contribution is 9.10. The molecule has 0 fully saturated rings. The van der Waals surface area contributed by atoms with Gasteiger partial charge in [-0.15, -0.1) is 0 Å². The molecule has 5 nitrogen and oxygen atoms in total. The molecule has 0 atom stereocenters. The molecule has 0 aliphatic rings. The topological polar surface area (TPSA) is 56.8 Å². The van der Waals surface area contributed by atoms with E-state index in [1.165, 1.54) is 7.11 Å². The van der Waals surface area contributed by atoms with Gasteiger partial charge in [-0.3, -0.25) is 4.79 Å². The summed E-state index contributed by atoms with van der Waals surface area (Å²) in [7, 11) is 4.52. The van der Waals surface area contributed by atoms with Gasteiger partial charge in [0.25, 0.3) is 0 Å². The van der Waals surface area contributed by atoms with Gasteiger partial charge in [0, 0.05) is 11.0 Å². The standard InChI is InChI=1S/C12H16BrNO4/c1-16-10-4-8(6-14-7-12(15)18-3)9(13)5-11(10)17-2/h4-5,14H,6-7H2,1-3H3. The van der Waals surface area contributed by atoms with Crippen LogP contribution in [0.1, 0.15) is 5.56 Å². The highest BCUT2D eigenvalue weighted by atomic mass is 79.9. The maximum absolute atomic E-state index is 11.0. The lowest BCUT2D eigenvalue weighted by molar-refractivity contribution is -0.139. The number of carbonyl (C=O) groups excluding carboxylic acids is 1. The quantitative estimate of drug-likeness (QED) is 0.810. The molecule has 0 saturated carbocycles. The Hall–Kier alpha value is -1.27. The SMILES string of the molecule is COC(=O)CNCc1cc(OC)c(OC)cc1Br. The summed E-state index contributed by atoms with van der Waals surface area (Å²) in [6.45, 7) is 0.688.